The van der Waals surface area contributed by atoms with Gasteiger partial charge in [-0.15, -0.1) is 0 Å². The molecule has 2 heterocycles. The Bertz CT molecular complexity index is 519. The first-order valence-corrected chi connectivity index (χ1v) is 7.37. The van der Waals surface area contributed by atoms with Gasteiger partial charge in [0.2, 0.25) is 0 Å². The lowest BCUT2D eigenvalue weighted by Crippen LogP contribution is -2.15. The van der Waals surface area contributed by atoms with E-state index in [1.807, 2.05) is 28.9 Å². The fourth-order valence-corrected chi connectivity index (χ4v) is 2.29. The van der Waals surface area contributed by atoms with Gasteiger partial charge in [0.1, 0.15) is 5.65 Å². The SMILES string of the molecule is CC(C)CCCCNCc1cn2cc(Cl)ccc2n1. The second kappa shape index (κ2) is 6.92. The van der Waals surface area contributed by atoms with Crippen LogP contribution >= 0.6 is 11.6 Å². The van der Waals surface area contributed by atoms with Crippen LogP contribution in [0.4, 0.5) is 0 Å². The molecule has 0 aliphatic heterocycles. The third kappa shape index (κ3) is 4.51. The summed E-state index contributed by atoms with van der Waals surface area (Å²) in [7, 11) is 0. The predicted octanol–water partition coefficient (Wildman–Crippen LogP) is 3.90. The number of imidazole rings is 1. The van der Waals surface area contributed by atoms with E-state index in [1.54, 1.807) is 0 Å². The monoisotopic (exact) mass is 279 g/mol. The van der Waals surface area contributed by atoms with Crippen LogP contribution in [-0.2, 0) is 6.54 Å². The molecule has 0 saturated heterocycles. The second-order valence-corrected chi connectivity index (χ2v) is 5.85. The number of rotatable bonds is 7. The van der Waals surface area contributed by atoms with Crippen molar-refractivity contribution in [2.75, 3.05) is 6.54 Å². The first-order valence-electron chi connectivity index (χ1n) is 6.99. The number of halogens is 1. The first kappa shape index (κ1) is 14.4. The number of unbranched alkanes of at least 4 members (excludes halogenated alkanes) is 1. The number of hydrogen-bond donors (Lipinski definition) is 1. The van der Waals surface area contributed by atoms with Crippen molar-refractivity contribution < 1.29 is 0 Å². The minimum Gasteiger partial charge on any atom is -0.311 e. The van der Waals surface area contributed by atoms with E-state index in [0.717, 1.165) is 35.4 Å². The van der Waals surface area contributed by atoms with Gasteiger partial charge >= 0.3 is 0 Å². The number of aromatic nitrogens is 2. The molecular weight excluding hydrogens is 258 g/mol. The summed E-state index contributed by atoms with van der Waals surface area (Å²) in [5, 5.41) is 4.18. The van der Waals surface area contributed by atoms with Crippen molar-refractivity contribution in [3.05, 3.63) is 35.2 Å². The maximum atomic E-state index is 5.95. The summed E-state index contributed by atoms with van der Waals surface area (Å²) in [5.41, 5.74) is 2.01. The summed E-state index contributed by atoms with van der Waals surface area (Å²) in [6.07, 6.45) is 7.76. The van der Waals surface area contributed by atoms with Crippen molar-refractivity contribution in [3.8, 4) is 0 Å². The van der Waals surface area contributed by atoms with Gasteiger partial charge < -0.3 is 9.72 Å². The molecule has 19 heavy (non-hydrogen) atoms. The summed E-state index contributed by atoms with van der Waals surface area (Å²) in [6.45, 7) is 6.42. The van der Waals surface area contributed by atoms with Gasteiger partial charge in [0.15, 0.2) is 0 Å². The Balaban J connectivity index is 1.75. The van der Waals surface area contributed by atoms with E-state index >= 15 is 0 Å². The Hall–Kier alpha value is -1.06. The standard InChI is InChI=1S/C15H22ClN3/c1-12(2)5-3-4-8-17-9-14-11-19-10-13(16)6-7-15(19)18-14/h6-7,10-12,17H,3-5,8-9H2,1-2H3. The molecule has 104 valence electrons. The van der Waals surface area contributed by atoms with Gasteiger partial charge in [-0.25, -0.2) is 4.98 Å². The Labute approximate surface area is 120 Å². The highest BCUT2D eigenvalue weighted by Crippen LogP contribution is 2.11. The van der Waals surface area contributed by atoms with E-state index in [-0.39, 0.29) is 0 Å². The van der Waals surface area contributed by atoms with Crippen molar-refractivity contribution in [2.45, 2.75) is 39.7 Å². The van der Waals surface area contributed by atoms with Gasteiger partial charge in [0.25, 0.3) is 0 Å². The Morgan fingerprint density at radius 2 is 2.11 bits per heavy atom. The molecule has 0 aliphatic rings. The van der Waals surface area contributed by atoms with Gasteiger partial charge in [0, 0.05) is 18.9 Å². The van der Waals surface area contributed by atoms with Gasteiger partial charge in [-0.1, -0.05) is 38.3 Å². The summed E-state index contributed by atoms with van der Waals surface area (Å²) >= 11 is 5.95. The molecule has 0 fully saturated rings. The van der Waals surface area contributed by atoms with Crippen LogP contribution in [0.3, 0.4) is 0 Å². The molecule has 0 atom stereocenters. The number of pyridine rings is 1. The van der Waals surface area contributed by atoms with E-state index in [2.05, 4.69) is 24.1 Å². The normalized spacial score (nSPS) is 11.6. The molecule has 0 amide bonds. The third-order valence-corrected chi connectivity index (χ3v) is 3.38. The Kier molecular flexibility index (Phi) is 5.23. The molecule has 3 nitrogen and oxygen atoms in total. The number of fused-ring (bicyclic) bond motifs is 1. The first-order chi connectivity index (χ1) is 9.15. The van der Waals surface area contributed by atoms with Crippen LogP contribution in [0, 0.1) is 5.92 Å². The molecular formula is C15H22ClN3. The summed E-state index contributed by atoms with van der Waals surface area (Å²) < 4.78 is 1.97. The lowest BCUT2D eigenvalue weighted by Gasteiger charge is -2.04. The van der Waals surface area contributed by atoms with Crippen molar-refractivity contribution in [3.63, 3.8) is 0 Å². The van der Waals surface area contributed by atoms with Crippen LogP contribution in [0.25, 0.3) is 5.65 Å². The third-order valence-electron chi connectivity index (χ3n) is 3.16. The second-order valence-electron chi connectivity index (χ2n) is 5.41. The van der Waals surface area contributed by atoms with Gasteiger partial charge in [-0.3, -0.25) is 0 Å². The molecule has 2 aromatic rings. The fraction of sp³-hybridized carbons (Fsp3) is 0.533. The summed E-state index contributed by atoms with van der Waals surface area (Å²) in [4.78, 5) is 4.54. The highest BCUT2D eigenvalue weighted by molar-refractivity contribution is 6.30. The van der Waals surface area contributed by atoms with Crippen LogP contribution in [-0.4, -0.2) is 15.9 Å². The summed E-state index contributed by atoms with van der Waals surface area (Å²) in [6, 6.07) is 3.81. The largest absolute Gasteiger partial charge is 0.311 e. The van der Waals surface area contributed by atoms with Crippen LogP contribution in [0.15, 0.2) is 24.5 Å². The molecule has 0 bridgehead atoms. The molecule has 2 rings (SSSR count). The lowest BCUT2D eigenvalue weighted by molar-refractivity contribution is 0.519. The lowest BCUT2D eigenvalue weighted by atomic mass is 10.1. The molecule has 0 saturated carbocycles. The van der Waals surface area contributed by atoms with Crippen molar-refractivity contribution in [1.82, 2.24) is 14.7 Å². The van der Waals surface area contributed by atoms with Gasteiger partial charge in [-0.05, 0) is 31.0 Å². The van der Waals surface area contributed by atoms with E-state index in [1.165, 1.54) is 19.3 Å². The van der Waals surface area contributed by atoms with E-state index in [0.29, 0.717) is 0 Å². The zero-order chi connectivity index (χ0) is 13.7. The number of nitrogens with zero attached hydrogens (tertiary/aromatic N) is 2. The molecule has 0 aromatic carbocycles. The van der Waals surface area contributed by atoms with E-state index in [4.69, 9.17) is 11.6 Å². The molecule has 4 heteroatoms. The molecule has 2 aromatic heterocycles. The summed E-state index contributed by atoms with van der Waals surface area (Å²) in [5.74, 6) is 0.809. The average Bonchev–Trinajstić information content (AvgIpc) is 2.75. The molecule has 0 spiro atoms. The molecule has 1 N–H and O–H groups in total. The van der Waals surface area contributed by atoms with Gasteiger partial charge in [-0.2, -0.15) is 0 Å². The topological polar surface area (TPSA) is 29.3 Å². The highest BCUT2D eigenvalue weighted by atomic mass is 35.5. The maximum Gasteiger partial charge on any atom is 0.137 e. The smallest absolute Gasteiger partial charge is 0.137 e. The highest BCUT2D eigenvalue weighted by Gasteiger charge is 2.01. The maximum absolute atomic E-state index is 5.95. The van der Waals surface area contributed by atoms with E-state index < -0.39 is 0 Å². The zero-order valence-electron chi connectivity index (χ0n) is 11.7. The quantitative estimate of drug-likeness (QED) is 0.779. The van der Waals surface area contributed by atoms with Gasteiger partial charge in [0.05, 0.1) is 10.7 Å². The van der Waals surface area contributed by atoms with Crippen LogP contribution in [0.5, 0.6) is 0 Å². The Morgan fingerprint density at radius 1 is 1.26 bits per heavy atom. The molecule has 0 unspecified atom stereocenters. The van der Waals surface area contributed by atoms with Crippen LogP contribution < -0.4 is 5.32 Å². The van der Waals surface area contributed by atoms with Crippen molar-refractivity contribution >= 4 is 17.2 Å². The minimum absolute atomic E-state index is 0.734. The molecule has 0 aliphatic carbocycles. The van der Waals surface area contributed by atoms with Crippen LogP contribution in [0.1, 0.15) is 38.8 Å². The van der Waals surface area contributed by atoms with Crippen LogP contribution in [0.2, 0.25) is 5.02 Å². The number of nitrogens with one attached hydrogen (secondary N) is 1. The van der Waals surface area contributed by atoms with Crippen molar-refractivity contribution in [2.24, 2.45) is 5.92 Å². The van der Waals surface area contributed by atoms with Crippen molar-refractivity contribution in [1.29, 1.82) is 0 Å². The molecule has 0 radical (unpaired) electrons. The predicted molar refractivity (Wildman–Crippen MR) is 80.6 cm³/mol. The Morgan fingerprint density at radius 3 is 2.89 bits per heavy atom. The minimum atomic E-state index is 0.734. The zero-order valence-corrected chi connectivity index (χ0v) is 12.5. The van der Waals surface area contributed by atoms with E-state index in [9.17, 15) is 0 Å². The number of hydrogen-bond acceptors (Lipinski definition) is 2. The average molecular weight is 280 g/mol. The fourth-order valence-electron chi connectivity index (χ4n) is 2.12.